The van der Waals surface area contributed by atoms with Crippen molar-refractivity contribution in [1.82, 2.24) is 39.9 Å². The van der Waals surface area contributed by atoms with Crippen molar-refractivity contribution in [3.8, 4) is 0 Å². The van der Waals surface area contributed by atoms with E-state index >= 15 is 0 Å². The van der Waals surface area contributed by atoms with Gasteiger partial charge in [0, 0.05) is 6.54 Å². The average molecular weight is 365 g/mol. The first-order valence-electron chi connectivity index (χ1n) is 7.68. The molecule has 13 nitrogen and oxygen atoms in total. The van der Waals surface area contributed by atoms with Crippen molar-refractivity contribution < 1.29 is 19.1 Å². The van der Waals surface area contributed by atoms with Crippen LogP contribution in [-0.2, 0) is 9.53 Å². The van der Waals surface area contributed by atoms with Gasteiger partial charge in [-0.1, -0.05) is 0 Å². The number of carbonyl (C=O) groups excluding carboxylic acids is 3. The highest BCUT2D eigenvalue weighted by Crippen LogP contribution is 2.09. The quantitative estimate of drug-likeness (QED) is 0.205. The number of carbonyl (C=O) groups is 3. The number of hydrogen-bond acceptors (Lipinski definition) is 9. The molecule has 0 aliphatic carbocycles. The number of esters is 1. The lowest BCUT2D eigenvalue weighted by Crippen LogP contribution is -2.51. The van der Waals surface area contributed by atoms with Crippen LogP contribution in [0.2, 0.25) is 0 Å². The number of methoxy groups -OCH3 is 1. The van der Waals surface area contributed by atoms with Crippen molar-refractivity contribution in [3.63, 3.8) is 0 Å². The van der Waals surface area contributed by atoms with Gasteiger partial charge >= 0.3 is 18.0 Å². The van der Waals surface area contributed by atoms with Crippen LogP contribution in [-0.4, -0.2) is 72.3 Å². The fourth-order valence-corrected chi connectivity index (χ4v) is 2.12. The van der Waals surface area contributed by atoms with Gasteiger partial charge in [0.25, 0.3) is 0 Å². The molecule has 0 aliphatic heterocycles. The molecule has 0 fully saturated rings. The molecule has 0 aliphatic rings. The van der Waals surface area contributed by atoms with Crippen molar-refractivity contribution in [2.24, 2.45) is 5.84 Å². The molecular weight excluding hydrogens is 346 g/mol. The summed E-state index contributed by atoms with van der Waals surface area (Å²) in [4.78, 5) is 43.1. The van der Waals surface area contributed by atoms with Crippen LogP contribution >= 0.6 is 0 Å². The highest BCUT2D eigenvalue weighted by atomic mass is 16.5. The molecule has 1 unspecified atom stereocenters. The van der Waals surface area contributed by atoms with Gasteiger partial charge in [-0.15, -0.1) is 0 Å². The van der Waals surface area contributed by atoms with Crippen LogP contribution in [0.4, 0.5) is 9.59 Å². The summed E-state index contributed by atoms with van der Waals surface area (Å²) >= 11 is 0. The van der Waals surface area contributed by atoms with Gasteiger partial charge in [0.15, 0.2) is 0 Å². The van der Waals surface area contributed by atoms with E-state index in [9.17, 15) is 14.4 Å². The number of hydrogen-bond donors (Lipinski definition) is 2. The van der Waals surface area contributed by atoms with Crippen LogP contribution in [0, 0.1) is 0 Å². The first-order chi connectivity index (χ1) is 12.5. The summed E-state index contributed by atoms with van der Waals surface area (Å²) in [6.45, 7) is 0.355. The second kappa shape index (κ2) is 9.22. The van der Waals surface area contributed by atoms with E-state index in [4.69, 9.17) is 10.6 Å². The number of unbranched alkanes of at least 4 members (excludes halogenated alkanes) is 1. The van der Waals surface area contributed by atoms with Gasteiger partial charge in [0.2, 0.25) is 0 Å². The van der Waals surface area contributed by atoms with Crippen molar-refractivity contribution >= 4 is 18.0 Å². The average Bonchev–Trinajstić information content (AvgIpc) is 3.36. The summed E-state index contributed by atoms with van der Waals surface area (Å²) in [6.07, 6.45) is 6.21. The van der Waals surface area contributed by atoms with Gasteiger partial charge in [-0.25, -0.2) is 35.2 Å². The molecule has 13 heteroatoms. The number of aromatic nitrogens is 6. The molecule has 0 aromatic carbocycles. The Kier molecular flexibility index (Phi) is 6.73. The van der Waals surface area contributed by atoms with Gasteiger partial charge in [0.1, 0.15) is 31.4 Å². The smallest absolute Gasteiger partial charge is 0.361 e. The molecule has 2 aromatic rings. The Morgan fingerprint density at radius 3 is 2.38 bits per heavy atom. The summed E-state index contributed by atoms with van der Waals surface area (Å²) < 4.78 is 6.67. The minimum atomic E-state index is -0.984. The lowest BCUT2D eigenvalue weighted by atomic mass is 10.1. The van der Waals surface area contributed by atoms with Crippen molar-refractivity contribution in [1.29, 1.82) is 0 Å². The molecule has 26 heavy (non-hydrogen) atoms. The first-order valence-corrected chi connectivity index (χ1v) is 7.68. The van der Waals surface area contributed by atoms with Gasteiger partial charge in [0.05, 0.1) is 7.11 Å². The van der Waals surface area contributed by atoms with E-state index in [2.05, 4.69) is 25.5 Å². The van der Waals surface area contributed by atoms with Crippen LogP contribution < -0.4 is 11.2 Å². The van der Waals surface area contributed by atoms with Gasteiger partial charge in [-0.05, 0) is 19.3 Å². The largest absolute Gasteiger partial charge is 0.467 e. The molecule has 2 aromatic heterocycles. The third-order valence-corrected chi connectivity index (χ3v) is 3.45. The zero-order valence-corrected chi connectivity index (χ0v) is 14.1. The molecule has 0 radical (unpaired) electrons. The Morgan fingerprint density at radius 2 is 1.81 bits per heavy atom. The van der Waals surface area contributed by atoms with Crippen LogP contribution in [0.1, 0.15) is 19.3 Å². The number of rotatable bonds is 7. The zero-order valence-electron chi connectivity index (χ0n) is 14.1. The SMILES string of the molecule is COC(=O)C(CCCCNC(=O)n1cncn1)N(N)C(=O)n1cncn1. The second-order valence-electron chi connectivity index (χ2n) is 5.14. The van der Waals surface area contributed by atoms with E-state index in [1.807, 2.05) is 0 Å². The number of nitrogens with two attached hydrogens (primary N) is 1. The third-order valence-electron chi connectivity index (χ3n) is 3.45. The third kappa shape index (κ3) is 4.83. The van der Waals surface area contributed by atoms with E-state index in [1.54, 1.807) is 0 Å². The molecule has 2 heterocycles. The predicted octanol–water partition coefficient (Wildman–Crippen LogP) is -1.02. The summed E-state index contributed by atoms with van der Waals surface area (Å²) in [5, 5.41) is 10.8. The fraction of sp³-hybridized carbons (Fsp3) is 0.462. The normalized spacial score (nSPS) is 11.6. The maximum absolute atomic E-state index is 12.2. The maximum Gasteiger partial charge on any atom is 0.361 e. The fourth-order valence-electron chi connectivity index (χ4n) is 2.12. The van der Waals surface area contributed by atoms with Gasteiger partial charge in [-0.3, -0.25) is 0 Å². The minimum absolute atomic E-state index is 0.253. The summed E-state index contributed by atoms with van der Waals surface area (Å²) in [5.41, 5.74) is 0. The maximum atomic E-state index is 12.2. The van der Waals surface area contributed by atoms with Crippen LogP contribution in [0.3, 0.4) is 0 Å². The summed E-state index contributed by atoms with van der Waals surface area (Å²) in [7, 11) is 1.21. The van der Waals surface area contributed by atoms with E-state index in [1.165, 1.54) is 32.4 Å². The Morgan fingerprint density at radius 1 is 1.15 bits per heavy atom. The van der Waals surface area contributed by atoms with Crippen LogP contribution in [0.5, 0.6) is 0 Å². The summed E-state index contributed by atoms with van der Waals surface area (Å²) in [6, 6.07) is -2.10. The molecule has 0 saturated heterocycles. The van der Waals surface area contributed by atoms with Crippen molar-refractivity contribution in [2.45, 2.75) is 25.3 Å². The molecule has 0 spiro atoms. The molecule has 140 valence electrons. The molecule has 2 amide bonds. The topological polar surface area (TPSA) is 163 Å². The Bertz CT molecular complexity index is 716. The number of hydrazine groups is 1. The Hall–Kier alpha value is -3.35. The lowest BCUT2D eigenvalue weighted by molar-refractivity contribution is -0.146. The van der Waals surface area contributed by atoms with Gasteiger partial charge in [-0.2, -0.15) is 19.6 Å². The second-order valence-corrected chi connectivity index (χ2v) is 5.14. The van der Waals surface area contributed by atoms with Gasteiger partial charge < -0.3 is 10.1 Å². The Balaban J connectivity index is 1.81. The molecule has 3 N–H and O–H groups in total. The van der Waals surface area contributed by atoms with Crippen molar-refractivity contribution in [3.05, 3.63) is 25.3 Å². The number of ether oxygens (including phenoxy) is 1. The molecule has 0 bridgehead atoms. The van der Waals surface area contributed by atoms with Crippen molar-refractivity contribution in [2.75, 3.05) is 13.7 Å². The molecule has 2 rings (SSSR count). The zero-order chi connectivity index (χ0) is 18.9. The number of amides is 2. The van der Waals surface area contributed by atoms with E-state index in [0.29, 0.717) is 19.4 Å². The molecular formula is C13H19N9O4. The number of nitrogens with zero attached hydrogens (tertiary/aromatic N) is 7. The first kappa shape index (κ1) is 19.0. The van der Waals surface area contributed by atoms with E-state index in [-0.39, 0.29) is 6.42 Å². The standard InChI is InChI=1S/C13H19N9O4/c1-26-11(23)10(22(14)13(25)21-9-16-7-19-21)4-2-3-5-17-12(24)20-8-15-6-18-20/h6-10H,2-5,14H2,1H3,(H,17,24). The lowest BCUT2D eigenvalue weighted by Gasteiger charge is -2.24. The summed E-state index contributed by atoms with van der Waals surface area (Å²) in [5.74, 6) is 5.12. The molecule has 1 atom stereocenters. The highest BCUT2D eigenvalue weighted by molar-refractivity contribution is 5.83. The van der Waals surface area contributed by atoms with Crippen LogP contribution in [0.15, 0.2) is 25.3 Å². The minimum Gasteiger partial charge on any atom is -0.467 e. The molecule has 0 saturated carbocycles. The highest BCUT2D eigenvalue weighted by Gasteiger charge is 2.29. The van der Waals surface area contributed by atoms with Crippen LogP contribution in [0.25, 0.3) is 0 Å². The van der Waals surface area contributed by atoms with E-state index < -0.39 is 24.1 Å². The van der Waals surface area contributed by atoms with E-state index in [0.717, 1.165) is 14.4 Å². The monoisotopic (exact) mass is 365 g/mol. The predicted molar refractivity (Wildman–Crippen MR) is 85.3 cm³/mol. The Labute approximate surface area is 148 Å². The number of nitrogens with one attached hydrogen (secondary N) is 1.